The molecule has 0 radical (unpaired) electrons. The molecule has 1 N–H and O–H groups in total. The first-order chi connectivity index (χ1) is 6.59. The Balaban J connectivity index is 2.47. The van der Waals surface area contributed by atoms with Crippen LogP contribution < -0.4 is 5.32 Å². The second-order valence-corrected chi connectivity index (χ2v) is 4.13. The second-order valence-electron chi connectivity index (χ2n) is 4.13. The topological polar surface area (TPSA) is 25.2 Å². The Morgan fingerprint density at radius 3 is 2.36 bits per heavy atom. The monoisotopic (exact) mass is 195 g/mol. The van der Waals surface area contributed by atoms with Crippen molar-refractivity contribution in [3.8, 4) is 0 Å². The van der Waals surface area contributed by atoms with E-state index in [4.69, 9.17) is 4.42 Å². The number of hydrogen-bond donors (Lipinski definition) is 1. The fourth-order valence-corrected chi connectivity index (χ4v) is 1.38. The second kappa shape index (κ2) is 4.65. The highest BCUT2D eigenvalue weighted by molar-refractivity contribution is 5.05. The van der Waals surface area contributed by atoms with E-state index in [1.165, 1.54) is 0 Å². The quantitative estimate of drug-likeness (QED) is 0.780. The Labute approximate surface area is 86.7 Å². The summed E-state index contributed by atoms with van der Waals surface area (Å²) in [5.74, 6) is 2.01. The van der Waals surface area contributed by atoms with Gasteiger partial charge in [-0.1, -0.05) is 13.8 Å². The predicted molar refractivity (Wildman–Crippen MR) is 59.3 cm³/mol. The minimum Gasteiger partial charge on any atom is -0.465 e. The molecule has 0 aliphatic rings. The van der Waals surface area contributed by atoms with Crippen LogP contribution in [0.5, 0.6) is 0 Å². The first-order valence-corrected chi connectivity index (χ1v) is 5.40. The minimum absolute atomic E-state index is 0.237. The first kappa shape index (κ1) is 11.3. The third-order valence-corrected chi connectivity index (χ3v) is 3.05. The van der Waals surface area contributed by atoms with Crippen molar-refractivity contribution >= 4 is 0 Å². The molecule has 0 aliphatic heterocycles. The van der Waals surface area contributed by atoms with E-state index in [1.54, 1.807) is 0 Å². The van der Waals surface area contributed by atoms with Crippen LogP contribution in [0.1, 0.15) is 45.1 Å². The lowest BCUT2D eigenvalue weighted by atomic mass is 9.95. The number of furan rings is 1. The van der Waals surface area contributed by atoms with Crippen molar-refractivity contribution in [2.24, 2.45) is 0 Å². The van der Waals surface area contributed by atoms with E-state index in [1.807, 2.05) is 19.1 Å². The van der Waals surface area contributed by atoms with Crippen LogP contribution in [0.3, 0.4) is 0 Å². The molecule has 0 atom stereocenters. The molecule has 0 aromatic carbocycles. The van der Waals surface area contributed by atoms with Crippen LogP contribution in [-0.4, -0.2) is 5.54 Å². The van der Waals surface area contributed by atoms with Gasteiger partial charge in [0.05, 0.1) is 6.54 Å². The van der Waals surface area contributed by atoms with Crippen molar-refractivity contribution in [3.05, 3.63) is 23.7 Å². The maximum absolute atomic E-state index is 5.51. The van der Waals surface area contributed by atoms with E-state index in [2.05, 4.69) is 26.1 Å². The van der Waals surface area contributed by atoms with E-state index < -0.39 is 0 Å². The molecule has 2 nitrogen and oxygen atoms in total. The van der Waals surface area contributed by atoms with Crippen molar-refractivity contribution in [1.82, 2.24) is 5.32 Å². The van der Waals surface area contributed by atoms with Gasteiger partial charge in [-0.25, -0.2) is 0 Å². The summed E-state index contributed by atoms with van der Waals surface area (Å²) in [7, 11) is 0. The van der Waals surface area contributed by atoms with Crippen LogP contribution in [0.4, 0.5) is 0 Å². The molecule has 0 saturated carbocycles. The maximum Gasteiger partial charge on any atom is 0.117 e. The molecule has 14 heavy (non-hydrogen) atoms. The highest BCUT2D eigenvalue weighted by atomic mass is 16.3. The molecule has 0 bridgehead atoms. The average Bonchev–Trinajstić information content (AvgIpc) is 2.61. The van der Waals surface area contributed by atoms with Gasteiger partial charge in [-0.15, -0.1) is 0 Å². The summed E-state index contributed by atoms with van der Waals surface area (Å²) in [6.45, 7) is 9.48. The SMILES string of the molecule is CCC(C)(CC)NCc1ccc(C)o1. The number of hydrogen-bond acceptors (Lipinski definition) is 2. The van der Waals surface area contributed by atoms with Gasteiger partial charge in [0.1, 0.15) is 11.5 Å². The van der Waals surface area contributed by atoms with Crippen LogP contribution >= 0.6 is 0 Å². The molecule has 0 fully saturated rings. The fraction of sp³-hybridized carbons (Fsp3) is 0.667. The highest BCUT2D eigenvalue weighted by Crippen LogP contribution is 2.15. The Hall–Kier alpha value is -0.760. The number of aryl methyl sites for hydroxylation is 1. The summed E-state index contributed by atoms with van der Waals surface area (Å²) in [4.78, 5) is 0. The summed E-state index contributed by atoms with van der Waals surface area (Å²) in [6, 6.07) is 4.04. The fourth-order valence-electron chi connectivity index (χ4n) is 1.38. The van der Waals surface area contributed by atoms with Gasteiger partial charge in [-0.05, 0) is 38.8 Å². The van der Waals surface area contributed by atoms with Crippen molar-refractivity contribution < 1.29 is 4.42 Å². The normalized spacial score (nSPS) is 12.0. The van der Waals surface area contributed by atoms with Gasteiger partial charge in [-0.3, -0.25) is 0 Å². The molecule has 1 aromatic heterocycles. The van der Waals surface area contributed by atoms with Gasteiger partial charge in [0, 0.05) is 5.54 Å². The standard InChI is InChI=1S/C12H21NO/c1-5-12(4,6-2)13-9-11-8-7-10(3)14-11/h7-8,13H,5-6,9H2,1-4H3. The van der Waals surface area contributed by atoms with Crippen molar-refractivity contribution in [3.63, 3.8) is 0 Å². The van der Waals surface area contributed by atoms with E-state index in [0.29, 0.717) is 0 Å². The lowest BCUT2D eigenvalue weighted by Crippen LogP contribution is -2.40. The molecule has 1 rings (SSSR count). The Morgan fingerprint density at radius 2 is 1.93 bits per heavy atom. The Kier molecular flexibility index (Phi) is 3.76. The molecular formula is C12H21NO. The minimum atomic E-state index is 0.237. The Bertz CT molecular complexity index is 274. The summed E-state index contributed by atoms with van der Waals surface area (Å²) >= 11 is 0. The molecule has 0 saturated heterocycles. The molecule has 1 aromatic rings. The van der Waals surface area contributed by atoms with Crippen molar-refractivity contribution in [2.45, 2.75) is 52.6 Å². The van der Waals surface area contributed by atoms with Gasteiger partial charge in [0.25, 0.3) is 0 Å². The summed E-state index contributed by atoms with van der Waals surface area (Å²) in [6.07, 6.45) is 2.28. The first-order valence-electron chi connectivity index (χ1n) is 5.40. The molecule has 0 unspecified atom stereocenters. The molecule has 0 aliphatic carbocycles. The summed E-state index contributed by atoms with van der Waals surface area (Å²) in [5, 5.41) is 3.53. The van der Waals surface area contributed by atoms with Crippen molar-refractivity contribution in [2.75, 3.05) is 0 Å². The predicted octanol–water partition coefficient (Wildman–Crippen LogP) is 3.26. The zero-order chi connectivity index (χ0) is 10.6. The largest absolute Gasteiger partial charge is 0.465 e. The third kappa shape index (κ3) is 2.88. The summed E-state index contributed by atoms with van der Waals surface area (Å²) < 4.78 is 5.51. The van der Waals surface area contributed by atoms with Crippen LogP contribution in [0.15, 0.2) is 16.5 Å². The van der Waals surface area contributed by atoms with Gasteiger partial charge in [0.2, 0.25) is 0 Å². The van der Waals surface area contributed by atoms with E-state index in [-0.39, 0.29) is 5.54 Å². The van der Waals surface area contributed by atoms with Crippen molar-refractivity contribution in [1.29, 1.82) is 0 Å². The molecule has 2 heteroatoms. The molecule has 80 valence electrons. The molecule has 1 heterocycles. The van der Waals surface area contributed by atoms with E-state index in [0.717, 1.165) is 30.9 Å². The van der Waals surface area contributed by atoms with Crippen LogP contribution in [0.2, 0.25) is 0 Å². The Morgan fingerprint density at radius 1 is 1.29 bits per heavy atom. The average molecular weight is 195 g/mol. The van der Waals surface area contributed by atoms with Gasteiger partial charge in [0.15, 0.2) is 0 Å². The summed E-state index contributed by atoms with van der Waals surface area (Å²) in [5.41, 5.74) is 0.237. The molecule has 0 amide bonds. The van der Waals surface area contributed by atoms with Gasteiger partial charge >= 0.3 is 0 Å². The number of nitrogens with one attached hydrogen (secondary N) is 1. The number of rotatable bonds is 5. The zero-order valence-corrected chi connectivity index (χ0v) is 9.68. The molecule has 0 spiro atoms. The van der Waals surface area contributed by atoms with E-state index >= 15 is 0 Å². The van der Waals surface area contributed by atoms with Crippen LogP contribution in [-0.2, 0) is 6.54 Å². The smallest absolute Gasteiger partial charge is 0.117 e. The van der Waals surface area contributed by atoms with Crippen LogP contribution in [0, 0.1) is 6.92 Å². The third-order valence-electron chi connectivity index (χ3n) is 3.05. The zero-order valence-electron chi connectivity index (χ0n) is 9.68. The van der Waals surface area contributed by atoms with Gasteiger partial charge < -0.3 is 9.73 Å². The lowest BCUT2D eigenvalue weighted by Gasteiger charge is -2.27. The van der Waals surface area contributed by atoms with Gasteiger partial charge in [-0.2, -0.15) is 0 Å². The maximum atomic E-state index is 5.51. The van der Waals surface area contributed by atoms with Crippen LogP contribution in [0.25, 0.3) is 0 Å². The van der Waals surface area contributed by atoms with E-state index in [9.17, 15) is 0 Å². The highest BCUT2D eigenvalue weighted by Gasteiger charge is 2.18. The lowest BCUT2D eigenvalue weighted by molar-refractivity contribution is 0.312. The molecular weight excluding hydrogens is 174 g/mol.